The molecule has 0 aliphatic heterocycles. The highest BCUT2D eigenvalue weighted by molar-refractivity contribution is 9.10. The summed E-state index contributed by atoms with van der Waals surface area (Å²) < 4.78 is 6.33. The Hall–Kier alpha value is -1.39. The highest BCUT2D eigenvalue weighted by Gasteiger charge is 2.10. The number of benzene rings is 2. The molecule has 0 aromatic heterocycles. The summed E-state index contributed by atoms with van der Waals surface area (Å²) in [5, 5.41) is 0.693. The van der Waals surface area contributed by atoms with E-state index < -0.39 is 0 Å². The van der Waals surface area contributed by atoms with Crippen LogP contribution >= 0.6 is 27.5 Å². The summed E-state index contributed by atoms with van der Waals surface area (Å²) >= 11 is 9.46. The van der Waals surface area contributed by atoms with Crippen LogP contribution in [0.2, 0.25) is 5.02 Å². The maximum Gasteiger partial charge on any atom is 0.123 e. The molecule has 0 radical (unpaired) electrons. The van der Waals surface area contributed by atoms with Crippen molar-refractivity contribution in [1.82, 2.24) is 0 Å². The van der Waals surface area contributed by atoms with Gasteiger partial charge in [-0.15, -0.1) is 0 Å². The normalized spacial score (nSPS) is 10.4. The van der Waals surface area contributed by atoms with Crippen LogP contribution in [0.4, 0.5) is 11.4 Å². The molecule has 5 heteroatoms. The van der Waals surface area contributed by atoms with Crippen LogP contribution in [0.1, 0.15) is 5.56 Å². The van der Waals surface area contributed by atoms with Crippen molar-refractivity contribution in [2.45, 2.75) is 6.54 Å². The van der Waals surface area contributed by atoms with Gasteiger partial charge in [0.05, 0.1) is 18.5 Å². The average Bonchev–Trinajstić information content (AvgIpc) is 2.38. The Balaban J connectivity index is 2.27. The molecular formula is C15H16BrClN2O. The largest absolute Gasteiger partial charge is 0.496 e. The first-order valence-corrected chi connectivity index (χ1v) is 7.27. The maximum absolute atomic E-state index is 6.05. The average molecular weight is 356 g/mol. The number of nitrogens with two attached hydrogens (primary N) is 1. The molecule has 0 heterocycles. The SMILES string of the molecule is COc1ccc(Cl)cc1CN(C)c1ccc(Br)cc1N. The summed E-state index contributed by atoms with van der Waals surface area (Å²) in [6, 6.07) is 11.4. The predicted octanol–water partition coefficient (Wildman–Crippen LogP) is 4.33. The molecule has 2 rings (SSSR count). The number of nitrogens with zero attached hydrogens (tertiary/aromatic N) is 1. The number of anilines is 2. The zero-order valence-corrected chi connectivity index (χ0v) is 13.7. The molecule has 3 nitrogen and oxygen atoms in total. The Morgan fingerprint density at radius 3 is 2.65 bits per heavy atom. The summed E-state index contributed by atoms with van der Waals surface area (Å²) in [6.45, 7) is 0.662. The molecule has 2 aromatic carbocycles. The third-order valence-corrected chi connectivity index (χ3v) is 3.78. The van der Waals surface area contributed by atoms with Gasteiger partial charge in [0.15, 0.2) is 0 Å². The van der Waals surface area contributed by atoms with Gasteiger partial charge in [-0.3, -0.25) is 0 Å². The highest BCUT2D eigenvalue weighted by atomic mass is 79.9. The van der Waals surface area contributed by atoms with Gasteiger partial charge in [-0.2, -0.15) is 0 Å². The fraction of sp³-hybridized carbons (Fsp3) is 0.200. The predicted molar refractivity (Wildman–Crippen MR) is 88.7 cm³/mol. The third-order valence-electron chi connectivity index (χ3n) is 3.05. The molecule has 0 aliphatic rings. The van der Waals surface area contributed by atoms with E-state index in [0.29, 0.717) is 11.6 Å². The van der Waals surface area contributed by atoms with Gasteiger partial charge >= 0.3 is 0 Å². The van der Waals surface area contributed by atoms with Crippen LogP contribution in [0.15, 0.2) is 40.9 Å². The van der Waals surface area contributed by atoms with Crippen molar-refractivity contribution in [1.29, 1.82) is 0 Å². The first-order valence-electron chi connectivity index (χ1n) is 6.10. The molecule has 0 saturated heterocycles. The smallest absolute Gasteiger partial charge is 0.123 e. The lowest BCUT2D eigenvalue weighted by atomic mass is 10.1. The van der Waals surface area contributed by atoms with E-state index in [1.54, 1.807) is 7.11 Å². The molecule has 0 spiro atoms. The summed E-state index contributed by atoms with van der Waals surface area (Å²) in [5.74, 6) is 0.817. The molecule has 0 aliphatic carbocycles. The van der Waals surface area contributed by atoms with Gasteiger partial charge in [0.25, 0.3) is 0 Å². The number of hydrogen-bond acceptors (Lipinski definition) is 3. The van der Waals surface area contributed by atoms with Gasteiger partial charge in [-0.1, -0.05) is 27.5 Å². The zero-order chi connectivity index (χ0) is 14.7. The lowest BCUT2D eigenvalue weighted by Crippen LogP contribution is -2.18. The van der Waals surface area contributed by atoms with Gasteiger partial charge in [0, 0.05) is 28.7 Å². The minimum absolute atomic E-state index is 0.662. The first-order chi connectivity index (χ1) is 9.51. The van der Waals surface area contributed by atoms with E-state index >= 15 is 0 Å². The van der Waals surface area contributed by atoms with E-state index in [4.69, 9.17) is 22.1 Å². The van der Waals surface area contributed by atoms with Gasteiger partial charge in [-0.25, -0.2) is 0 Å². The van der Waals surface area contributed by atoms with Crippen molar-refractivity contribution in [3.63, 3.8) is 0 Å². The molecule has 0 saturated carbocycles. The van der Waals surface area contributed by atoms with E-state index in [0.717, 1.165) is 27.2 Å². The quantitative estimate of drug-likeness (QED) is 0.830. The standard InChI is InChI=1S/C15H16BrClN2O/c1-19(14-5-3-11(16)8-13(14)18)9-10-7-12(17)4-6-15(10)20-2/h3-8H,9,18H2,1-2H3. The Labute approximate surface area is 132 Å². The van der Waals surface area contributed by atoms with Crippen molar-refractivity contribution < 1.29 is 4.74 Å². The Morgan fingerprint density at radius 2 is 2.00 bits per heavy atom. The molecule has 2 N–H and O–H groups in total. The fourth-order valence-electron chi connectivity index (χ4n) is 2.08. The Kier molecular flexibility index (Phi) is 4.78. The number of rotatable bonds is 4. The van der Waals surface area contributed by atoms with E-state index in [2.05, 4.69) is 20.8 Å². The number of ether oxygens (including phenoxy) is 1. The molecule has 2 aromatic rings. The first kappa shape index (κ1) is 15.0. The van der Waals surface area contributed by atoms with E-state index in [1.165, 1.54) is 0 Å². The number of halogens is 2. The third kappa shape index (κ3) is 3.38. The van der Waals surface area contributed by atoms with Crippen LogP contribution in [0, 0.1) is 0 Å². The number of hydrogen-bond donors (Lipinski definition) is 1. The second-order valence-corrected chi connectivity index (χ2v) is 5.87. The van der Waals surface area contributed by atoms with Crippen LogP contribution in [0.5, 0.6) is 5.75 Å². The molecule has 106 valence electrons. The molecule has 0 unspecified atom stereocenters. The van der Waals surface area contributed by atoms with Crippen molar-refractivity contribution in [2.75, 3.05) is 24.8 Å². The molecular weight excluding hydrogens is 340 g/mol. The van der Waals surface area contributed by atoms with E-state index in [-0.39, 0.29) is 0 Å². The van der Waals surface area contributed by atoms with Gasteiger partial charge in [0.2, 0.25) is 0 Å². The number of methoxy groups -OCH3 is 1. The van der Waals surface area contributed by atoms with E-state index in [9.17, 15) is 0 Å². The van der Waals surface area contributed by atoms with Crippen LogP contribution in [0.3, 0.4) is 0 Å². The molecule has 0 atom stereocenters. The maximum atomic E-state index is 6.05. The fourth-order valence-corrected chi connectivity index (χ4v) is 2.66. The van der Waals surface area contributed by atoms with Gasteiger partial charge in [-0.05, 0) is 36.4 Å². The highest BCUT2D eigenvalue weighted by Crippen LogP contribution is 2.29. The zero-order valence-electron chi connectivity index (χ0n) is 11.4. The van der Waals surface area contributed by atoms with Crippen LogP contribution < -0.4 is 15.4 Å². The molecule has 0 fully saturated rings. The molecule has 20 heavy (non-hydrogen) atoms. The van der Waals surface area contributed by atoms with Crippen molar-refractivity contribution in [2.24, 2.45) is 0 Å². The Bertz CT molecular complexity index is 619. The minimum Gasteiger partial charge on any atom is -0.496 e. The number of nitrogen functional groups attached to an aromatic ring is 1. The second-order valence-electron chi connectivity index (χ2n) is 4.52. The lowest BCUT2D eigenvalue weighted by Gasteiger charge is -2.22. The lowest BCUT2D eigenvalue weighted by molar-refractivity contribution is 0.409. The van der Waals surface area contributed by atoms with Crippen LogP contribution in [-0.4, -0.2) is 14.2 Å². The van der Waals surface area contributed by atoms with Gasteiger partial charge in [0.1, 0.15) is 5.75 Å². The molecule has 0 bridgehead atoms. The topological polar surface area (TPSA) is 38.5 Å². The Morgan fingerprint density at radius 1 is 1.25 bits per heavy atom. The van der Waals surface area contributed by atoms with Crippen molar-refractivity contribution >= 4 is 38.9 Å². The van der Waals surface area contributed by atoms with E-state index in [1.807, 2.05) is 43.4 Å². The second kappa shape index (κ2) is 6.37. The van der Waals surface area contributed by atoms with Crippen molar-refractivity contribution in [3.8, 4) is 5.75 Å². The summed E-state index contributed by atoms with van der Waals surface area (Å²) in [4.78, 5) is 2.07. The summed E-state index contributed by atoms with van der Waals surface area (Å²) in [6.07, 6.45) is 0. The molecule has 0 amide bonds. The monoisotopic (exact) mass is 354 g/mol. The summed E-state index contributed by atoms with van der Waals surface area (Å²) in [5.41, 5.74) is 8.76. The van der Waals surface area contributed by atoms with Crippen molar-refractivity contribution in [3.05, 3.63) is 51.5 Å². The van der Waals surface area contributed by atoms with Crippen LogP contribution in [-0.2, 0) is 6.54 Å². The van der Waals surface area contributed by atoms with Gasteiger partial charge < -0.3 is 15.4 Å². The van der Waals surface area contributed by atoms with Crippen LogP contribution in [0.25, 0.3) is 0 Å². The summed E-state index contributed by atoms with van der Waals surface area (Å²) in [7, 11) is 3.64. The minimum atomic E-state index is 0.662.